The van der Waals surface area contributed by atoms with Gasteiger partial charge in [0.15, 0.2) is 0 Å². The van der Waals surface area contributed by atoms with Crippen LogP contribution < -0.4 is 15.4 Å². The summed E-state index contributed by atoms with van der Waals surface area (Å²) in [6.45, 7) is 3.50. The van der Waals surface area contributed by atoms with E-state index in [0.717, 1.165) is 35.7 Å². The summed E-state index contributed by atoms with van der Waals surface area (Å²) < 4.78 is 5.48. The van der Waals surface area contributed by atoms with Gasteiger partial charge in [-0.1, -0.05) is 31.2 Å². The van der Waals surface area contributed by atoms with Crippen LogP contribution in [0, 0.1) is 0 Å². The van der Waals surface area contributed by atoms with Crippen molar-refractivity contribution in [2.75, 3.05) is 38.3 Å². The maximum absolute atomic E-state index is 12.8. The van der Waals surface area contributed by atoms with E-state index in [2.05, 4.69) is 17.6 Å². The van der Waals surface area contributed by atoms with Crippen molar-refractivity contribution in [3.05, 3.63) is 59.7 Å². The average Bonchev–Trinajstić information content (AvgIpc) is 2.73. The predicted octanol–water partition coefficient (Wildman–Crippen LogP) is 4.65. The highest BCUT2D eigenvalue weighted by Crippen LogP contribution is 2.22. The van der Waals surface area contributed by atoms with Crippen LogP contribution in [0.2, 0.25) is 0 Å². The fourth-order valence-corrected chi connectivity index (χ4v) is 3.28. The van der Waals surface area contributed by atoms with Crippen molar-refractivity contribution >= 4 is 41.9 Å². The summed E-state index contributed by atoms with van der Waals surface area (Å²) in [4.78, 5) is 26.6. The molecule has 2 amide bonds. The van der Waals surface area contributed by atoms with Crippen LogP contribution >= 0.6 is 24.2 Å². The summed E-state index contributed by atoms with van der Waals surface area (Å²) in [5, 5.41) is 5.94. The first-order chi connectivity index (χ1) is 14.0. The van der Waals surface area contributed by atoms with Crippen LogP contribution in [-0.2, 0) is 5.75 Å². The SMILES string of the molecule is CCSCc1cccc(NC(=O)c2ccccc2OC(=O)N(C)CCCNC)c1.Cl. The molecule has 0 unspecified atom stereocenters. The Labute approximate surface area is 189 Å². The third-order valence-corrected chi connectivity index (χ3v) is 5.16. The zero-order chi connectivity index (χ0) is 21.1. The van der Waals surface area contributed by atoms with Crippen molar-refractivity contribution < 1.29 is 14.3 Å². The highest BCUT2D eigenvalue weighted by Gasteiger charge is 2.17. The number of halogens is 1. The Morgan fingerprint density at radius 3 is 2.63 bits per heavy atom. The van der Waals surface area contributed by atoms with Crippen LogP contribution in [-0.4, -0.2) is 49.8 Å². The van der Waals surface area contributed by atoms with Crippen molar-refractivity contribution in [2.45, 2.75) is 19.1 Å². The van der Waals surface area contributed by atoms with E-state index in [4.69, 9.17) is 4.74 Å². The normalized spacial score (nSPS) is 10.1. The van der Waals surface area contributed by atoms with E-state index in [-0.39, 0.29) is 24.1 Å². The smallest absolute Gasteiger partial charge is 0.409 e. The summed E-state index contributed by atoms with van der Waals surface area (Å²) in [5.74, 6) is 1.87. The van der Waals surface area contributed by atoms with Crippen molar-refractivity contribution in [2.24, 2.45) is 0 Å². The maximum Gasteiger partial charge on any atom is 0.414 e. The van der Waals surface area contributed by atoms with E-state index in [1.54, 1.807) is 31.3 Å². The second-order valence-electron chi connectivity index (χ2n) is 6.53. The van der Waals surface area contributed by atoms with E-state index in [1.807, 2.05) is 43.1 Å². The lowest BCUT2D eigenvalue weighted by atomic mass is 10.1. The number of para-hydroxylation sites is 1. The zero-order valence-electron chi connectivity index (χ0n) is 17.6. The van der Waals surface area contributed by atoms with E-state index in [0.29, 0.717) is 12.1 Å². The van der Waals surface area contributed by atoms with Crippen LogP contribution in [0.3, 0.4) is 0 Å². The number of hydrogen-bond acceptors (Lipinski definition) is 5. The lowest BCUT2D eigenvalue weighted by molar-refractivity contribution is 0.102. The molecule has 0 aliphatic carbocycles. The summed E-state index contributed by atoms with van der Waals surface area (Å²) in [5.41, 5.74) is 2.19. The molecular formula is C22H30ClN3O3S. The van der Waals surface area contributed by atoms with Gasteiger partial charge in [0, 0.05) is 25.0 Å². The number of nitrogens with one attached hydrogen (secondary N) is 2. The first-order valence-electron chi connectivity index (χ1n) is 9.69. The van der Waals surface area contributed by atoms with Crippen molar-refractivity contribution in [3.8, 4) is 5.75 Å². The average molecular weight is 452 g/mol. The topological polar surface area (TPSA) is 70.7 Å². The number of ether oxygens (including phenoxy) is 1. The van der Waals surface area contributed by atoms with Crippen LogP contribution in [0.25, 0.3) is 0 Å². The van der Waals surface area contributed by atoms with Gasteiger partial charge in [0.2, 0.25) is 0 Å². The van der Waals surface area contributed by atoms with Gasteiger partial charge in [-0.15, -0.1) is 12.4 Å². The van der Waals surface area contributed by atoms with E-state index in [9.17, 15) is 9.59 Å². The second-order valence-corrected chi connectivity index (χ2v) is 7.81. The number of benzene rings is 2. The number of nitrogens with zero attached hydrogens (tertiary/aromatic N) is 1. The molecule has 0 saturated carbocycles. The van der Waals surface area contributed by atoms with E-state index >= 15 is 0 Å². The standard InChI is InChI=1S/C22H29N3O3S.ClH/c1-4-29-16-17-9-7-10-18(15-17)24-21(26)19-11-5-6-12-20(19)28-22(27)25(3)14-8-13-23-2;/h5-7,9-12,15,23H,4,8,13-14,16H2,1-3H3,(H,24,26);1H. The summed E-state index contributed by atoms with van der Waals surface area (Å²) in [7, 11) is 3.55. The third kappa shape index (κ3) is 8.26. The molecule has 0 heterocycles. The Bertz CT molecular complexity index is 820. The monoisotopic (exact) mass is 451 g/mol. The van der Waals surface area contributed by atoms with Gasteiger partial charge in [-0.25, -0.2) is 4.79 Å². The molecule has 0 saturated heterocycles. The van der Waals surface area contributed by atoms with Crippen LogP contribution in [0.4, 0.5) is 10.5 Å². The molecule has 2 rings (SSSR count). The summed E-state index contributed by atoms with van der Waals surface area (Å²) in [6, 6.07) is 14.5. The van der Waals surface area contributed by atoms with Gasteiger partial charge < -0.3 is 20.3 Å². The fraction of sp³-hybridized carbons (Fsp3) is 0.364. The van der Waals surface area contributed by atoms with E-state index in [1.165, 1.54) is 4.90 Å². The first-order valence-corrected chi connectivity index (χ1v) is 10.8. The Morgan fingerprint density at radius 2 is 1.90 bits per heavy atom. The lowest BCUT2D eigenvalue weighted by Gasteiger charge is -2.18. The molecule has 164 valence electrons. The molecule has 0 spiro atoms. The predicted molar refractivity (Wildman–Crippen MR) is 127 cm³/mol. The Hall–Kier alpha value is -2.22. The Morgan fingerprint density at radius 1 is 1.13 bits per heavy atom. The first kappa shape index (κ1) is 25.8. The molecule has 2 N–H and O–H groups in total. The van der Waals surface area contributed by atoms with Crippen molar-refractivity contribution in [1.82, 2.24) is 10.2 Å². The van der Waals surface area contributed by atoms with Gasteiger partial charge in [-0.05, 0) is 55.6 Å². The molecule has 30 heavy (non-hydrogen) atoms. The highest BCUT2D eigenvalue weighted by molar-refractivity contribution is 7.98. The van der Waals surface area contributed by atoms with Gasteiger partial charge in [-0.3, -0.25) is 4.79 Å². The molecule has 2 aromatic rings. The molecule has 0 aromatic heterocycles. The number of rotatable bonds is 10. The number of anilines is 1. The highest BCUT2D eigenvalue weighted by atomic mass is 35.5. The molecule has 0 fully saturated rings. The number of hydrogen-bond donors (Lipinski definition) is 2. The van der Waals surface area contributed by atoms with Gasteiger partial charge >= 0.3 is 6.09 Å². The Balaban J connectivity index is 0.00000450. The van der Waals surface area contributed by atoms with Crippen LogP contribution in [0.1, 0.15) is 29.3 Å². The minimum atomic E-state index is -0.486. The summed E-state index contributed by atoms with van der Waals surface area (Å²) in [6.07, 6.45) is 0.330. The molecule has 6 nitrogen and oxygen atoms in total. The quantitative estimate of drug-likeness (QED) is 0.514. The Kier molecular flexibility index (Phi) is 12.0. The van der Waals surface area contributed by atoms with Gasteiger partial charge in [0.05, 0.1) is 5.56 Å². The number of thioether (sulfide) groups is 1. The second kappa shape index (κ2) is 13.9. The number of amides is 2. The zero-order valence-corrected chi connectivity index (χ0v) is 19.3. The number of carbonyl (C=O) groups is 2. The van der Waals surface area contributed by atoms with Gasteiger partial charge in [0.1, 0.15) is 5.75 Å². The molecule has 0 aliphatic rings. The minimum Gasteiger partial charge on any atom is -0.409 e. The van der Waals surface area contributed by atoms with Gasteiger partial charge in [0.25, 0.3) is 5.91 Å². The maximum atomic E-state index is 12.8. The number of carbonyl (C=O) groups excluding carboxylic acids is 2. The molecule has 0 aliphatic heterocycles. The van der Waals surface area contributed by atoms with E-state index < -0.39 is 6.09 Å². The van der Waals surface area contributed by atoms with Crippen molar-refractivity contribution in [1.29, 1.82) is 0 Å². The lowest BCUT2D eigenvalue weighted by Crippen LogP contribution is -2.32. The van der Waals surface area contributed by atoms with Crippen LogP contribution in [0.15, 0.2) is 48.5 Å². The fourth-order valence-electron chi connectivity index (χ4n) is 2.66. The minimum absolute atomic E-state index is 0. The molecule has 8 heteroatoms. The summed E-state index contributed by atoms with van der Waals surface area (Å²) >= 11 is 1.83. The molecule has 0 bridgehead atoms. The largest absolute Gasteiger partial charge is 0.414 e. The van der Waals surface area contributed by atoms with Crippen molar-refractivity contribution in [3.63, 3.8) is 0 Å². The molecular weight excluding hydrogens is 422 g/mol. The molecule has 0 atom stereocenters. The van der Waals surface area contributed by atoms with Crippen LogP contribution in [0.5, 0.6) is 5.75 Å². The third-order valence-electron chi connectivity index (χ3n) is 4.22. The van der Waals surface area contributed by atoms with Gasteiger partial charge in [-0.2, -0.15) is 11.8 Å². The molecule has 2 aromatic carbocycles. The molecule has 0 radical (unpaired) electrons.